The predicted octanol–water partition coefficient (Wildman–Crippen LogP) is 3.97. The topological polar surface area (TPSA) is 110 Å². The molecule has 0 spiro atoms. The molecular weight excluding hydrogens is 793 g/mol. The highest BCUT2D eigenvalue weighted by molar-refractivity contribution is 14.1. The Hall–Kier alpha value is -0.800. The second-order valence-corrected chi connectivity index (χ2v) is 10.2. The van der Waals surface area contributed by atoms with E-state index in [0.717, 1.165) is 7.14 Å². The Balaban J connectivity index is 2.12. The Morgan fingerprint density at radius 2 is 1.35 bits per heavy atom. The lowest BCUT2D eigenvalue weighted by Crippen LogP contribution is -2.20. The van der Waals surface area contributed by atoms with E-state index in [0.29, 0.717) is 3.57 Å². The Morgan fingerprint density at radius 3 is 1.84 bits per heavy atom. The normalized spacial score (nSPS) is 11.4. The summed E-state index contributed by atoms with van der Waals surface area (Å²) >= 11 is 5.91. The van der Waals surface area contributed by atoms with Gasteiger partial charge < -0.3 is 14.0 Å². The maximum absolute atomic E-state index is 13.9. The van der Waals surface area contributed by atoms with E-state index in [1.807, 2.05) is 73.8 Å². The molecule has 0 unspecified atom stereocenters. The molecule has 0 amide bonds. The molecule has 0 radical (unpaired) electrons. The van der Waals surface area contributed by atoms with Gasteiger partial charge in [-0.15, -0.1) is 0 Å². The van der Waals surface area contributed by atoms with Crippen molar-refractivity contribution in [3.8, 4) is 0 Å². The van der Waals surface area contributed by atoms with Crippen LogP contribution in [0.15, 0.2) is 17.0 Å². The summed E-state index contributed by atoms with van der Waals surface area (Å²) in [5, 5.41) is 0. The Labute approximate surface area is 213 Å². The van der Waals surface area contributed by atoms with Gasteiger partial charge >= 0.3 is 11.9 Å². The minimum absolute atomic E-state index is 0.221. The van der Waals surface area contributed by atoms with Gasteiger partial charge in [0, 0.05) is 10.7 Å². The van der Waals surface area contributed by atoms with E-state index in [1.54, 1.807) is 6.07 Å². The van der Waals surface area contributed by atoms with Crippen LogP contribution in [0.2, 0.25) is 0 Å². The summed E-state index contributed by atoms with van der Waals surface area (Å²) in [7, 11) is -5.91. The average molecular weight is 799 g/mol. The standard InChI is InChI=1S/C16H7F4I3O7S/c17-9-8(10(18)12(20)14(11(9)19)31(26,27)28)16(25)30-2-1-29-15(24)6-3-5(21)4-7(22)13(6)23/h3-4H,1-2H2,(H,26,27,28)/p-1. The van der Waals surface area contributed by atoms with Crippen molar-refractivity contribution in [3.63, 3.8) is 0 Å². The maximum atomic E-state index is 13.9. The number of rotatable bonds is 6. The van der Waals surface area contributed by atoms with Gasteiger partial charge in [0.2, 0.25) is 0 Å². The van der Waals surface area contributed by atoms with Crippen LogP contribution in [0.5, 0.6) is 0 Å². The van der Waals surface area contributed by atoms with E-state index in [1.165, 1.54) is 0 Å². The van der Waals surface area contributed by atoms with Crippen LogP contribution in [0, 0.1) is 34.0 Å². The summed E-state index contributed by atoms with van der Waals surface area (Å²) in [6.07, 6.45) is 0. The van der Waals surface area contributed by atoms with Crippen molar-refractivity contribution in [1.82, 2.24) is 0 Å². The number of halogens is 7. The monoisotopic (exact) mass is 799 g/mol. The second-order valence-electron chi connectivity index (χ2n) is 5.44. The van der Waals surface area contributed by atoms with Gasteiger partial charge in [0.05, 0.1) is 5.56 Å². The van der Waals surface area contributed by atoms with Crippen molar-refractivity contribution >= 4 is 89.8 Å². The lowest BCUT2D eigenvalue weighted by molar-refractivity contribution is 0.0257. The minimum Gasteiger partial charge on any atom is -0.744 e. The summed E-state index contributed by atoms with van der Waals surface area (Å²) in [6, 6.07) is 3.35. The zero-order valence-corrected chi connectivity index (χ0v) is 21.8. The van der Waals surface area contributed by atoms with Crippen LogP contribution in [0.4, 0.5) is 17.6 Å². The Bertz CT molecular complexity index is 1160. The Kier molecular flexibility index (Phi) is 8.89. The van der Waals surface area contributed by atoms with E-state index in [4.69, 9.17) is 4.74 Å². The lowest BCUT2D eigenvalue weighted by Gasteiger charge is -2.14. The van der Waals surface area contributed by atoms with Crippen LogP contribution >= 0.6 is 67.8 Å². The van der Waals surface area contributed by atoms with Crippen LogP contribution < -0.4 is 0 Å². The summed E-state index contributed by atoms with van der Waals surface area (Å²) in [5.41, 5.74) is -1.66. The third-order valence-electron chi connectivity index (χ3n) is 3.44. The average Bonchev–Trinajstić information content (AvgIpc) is 2.65. The largest absolute Gasteiger partial charge is 0.744 e. The molecule has 0 atom stereocenters. The molecule has 31 heavy (non-hydrogen) atoms. The molecule has 2 aromatic rings. The van der Waals surface area contributed by atoms with Gasteiger partial charge in [-0.3, -0.25) is 0 Å². The van der Waals surface area contributed by atoms with Crippen LogP contribution in [0.3, 0.4) is 0 Å². The zero-order chi connectivity index (χ0) is 23.7. The molecule has 7 nitrogen and oxygen atoms in total. The molecule has 168 valence electrons. The molecule has 0 aromatic heterocycles. The number of hydrogen-bond donors (Lipinski definition) is 0. The molecule has 0 aliphatic rings. The molecular formula is C16H6F4I3O7S-. The van der Waals surface area contributed by atoms with Gasteiger partial charge in [-0.1, -0.05) is 0 Å². The molecule has 0 N–H and O–H groups in total. The number of esters is 2. The molecule has 0 heterocycles. The number of ether oxygens (including phenoxy) is 2. The fraction of sp³-hybridized carbons (Fsp3) is 0.125. The smallest absolute Gasteiger partial charge is 0.344 e. The van der Waals surface area contributed by atoms with Crippen LogP contribution in [0.1, 0.15) is 20.7 Å². The summed E-state index contributed by atoms with van der Waals surface area (Å²) in [4.78, 5) is 21.5. The van der Waals surface area contributed by atoms with Crippen molar-refractivity contribution in [2.75, 3.05) is 13.2 Å². The first-order chi connectivity index (χ1) is 14.3. The highest BCUT2D eigenvalue weighted by Crippen LogP contribution is 2.28. The van der Waals surface area contributed by atoms with E-state index in [2.05, 4.69) is 4.74 Å². The highest BCUT2D eigenvalue weighted by atomic mass is 127. The first-order valence-corrected chi connectivity index (χ1v) is 12.2. The Morgan fingerprint density at radius 1 is 0.871 bits per heavy atom. The molecule has 2 rings (SSSR count). The molecule has 0 saturated carbocycles. The van der Waals surface area contributed by atoms with Crippen molar-refractivity contribution in [3.05, 3.63) is 57.2 Å². The second kappa shape index (κ2) is 10.4. The predicted molar refractivity (Wildman–Crippen MR) is 119 cm³/mol. The first kappa shape index (κ1) is 26.5. The van der Waals surface area contributed by atoms with E-state index >= 15 is 0 Å². The van der Waals surface area contributed by atoms with Gasteiger partial charge in [0.15, 0.2) is 23.3 Å². The van der Waals surface area contributed by atoms with Gasteiger partial charge in [-0.2, -0.15) is 0 Å². The van der Waals surface area contributed by atoms with Crippen molar-refractivity contribution in [2.45, 2.75) is 4.90 Å². The number of hydrogen-bond acceptors (Lipinski definition) is 7. The number of benzene rings is 2. The first-order valence-electron chi connectivity index (χ1n) is 7.58. The molecule has 0 fully saturated rings. The molecule has 2 aromatic carbocycles. The van der Waals surface area contributed by atoms with Crippen LogP contribution in [-0.4, -0.2) is 38.1 Å². The summed E-state index contributed by atoms with van der Waals surface area (Å²) in [6.45, 7) is -1.31. The molecule has 0 saturated heterocycles. The SMILES string of the molecule is O=C(OCCOC(=O)c1c(F)c(F)c(S(=O)(=O)[O-])c(F)c1F)c1cc(I)cc(I)c1I. The maximum Gasteiger partial charge on any atom is 0.344 e. The highest BCUT2D eigenvalue weighted by Gasteiger charge is 2.32. The summed E-state index contributed by atoms with van der Waals surface area (Å²) < 4.78 is 99.0. The quantitative estimate of drug-likeness (QED) is 0.109. The molecule has 0 bridgehead atoms. The van der Waals surface area contributed by atoms with Crippen LogP contribution in [0.25, 0.3) is 0 Å². The van der Waals surface area contributed by atoms with Crippen molar-refractivity contribution < 1.29 is 49.6 Å². The van der Waals surface area contributed by atoms with E-state index < -0.39 is 69.0 Å². The van der Waals surface area contributed by atoms with Gasteiger partial charge in [-0.25, -0.2) is 35.6 Å². The minimum atomic E-state index is -5.91. The fourth-order valence-corrected chi connectivity index (χ4v) is 5.13. The van der Waals surface area contributed by atoms with Gasteiger partial charge in [0.25, 0.3) is 0 Å². The molecule has 0 aliphatic heterocycles. The molecule has 15 heteroatoms. The van der Waals surface area contributed by atoms with E-state index in [9.17, 15) is 40.1 Å². The van der Waals surface area contributed by atoms with Crippen molar-refractivity contribution in [2.24, 2.45) is 0 Å². The third-order valence-corrected chi connectivity index (χ3v) is 7.97. The fourth-order valence-electron chi connectivity index (χ4n) is 2.13. The number of carbonyl (C=O) groups excluding carboxylic acids is 2. The zero-order valence-electron chi connectivity index (χ0n) is 14.5. The summed E-state index contributed by atoms with van der Waals surface area (Å²) in [5.74, 6) is -12.6. The number of carbonyl (C=O) groups is 2. The van der Waals surface area contributed by atoms with Gasteiger partial charge in [-0.05, 0) is 79.9 Å². The molecule has 0 aliphatic carbocycles. The lowest BCUT2D eigenvalue weighted by atomic mass is 10.2. The van der Waals surface area contributed by atoms with E-state index in [-0.39, 0.29) is 5.56 Å². The van der Waals surface area contributed by atoms with Crippen molar-refractivity contribution in [1.29, 1.82) is 0 Å². The van der Waals surface area contributed by atoms with Gasteiger partial charge in [0.1, 0.15) is 33.8 Å². The third kappa shape index (κ3) is 5.96. The van der Waals surface area contributed by atoms with Crippen LogP contribution in [-0.2, 0) is 19.6 Å².